The van der Waals surface area contributed by atoms with E-state index in [9.17, 15) is 10.1 Å². The Morgan fingerprint density at radius 1 is 1.56 bits per heavy atom. The van der Waals surface area contributed by atoms with Gasteiger partial charge in [0.25, 0.3) is 5.69 Å². The van der Waals surface area contributed by atoms with Crippen molar-refractivity contribution in [2.75, 3.05) is 19.6 Å². The fourth-order valence-corrected chi connectivity index (χ4v) is 2.12. The second kappa shape index (κ2) is 6.68. The van der Waals surface area contributed by atoms with Crippen molar-refractivity contribution in [2.24, 2.45) is 0 Å². The standard InChI is InChI=1S/C12H17N3O2.ClH/c1-10-8-13-5-6-14(10)9-11-3-2-4-12(7-11)15(16)17;/h2-4,7,10,13H,5-6,8-9H2,1H3;1H. The summed E-state index contributed by atoms with van der Waals surface area (Å²) in [5.41, 5.74) is 1.18. The van der Waals surface area contributed by atoms with Crippen LogP contribution in [0.2, 0.25) is 0 Å². The van der Waals surface area contributed by atoms with Gasteiger partial charge in [0.05, 0.1) is 4.92 Å². The van der Waals surface area contributed by atoms with Gasteiger partial charge in [-0.05, 0) is 12.5 Å². The van der Waals surface area contributed by atoms with E-state index in [-0.39, 0.29) is 23.0 Å². The van der Waals surface area contributed by atoms with E-state index in [2.05, 4.69) is 17.1 Å². The van der Waals surface area contributed by atoms with Crippen molar-refractivity contribution in [3.05, 3.63) is 39.9 Å². The number of nitro benzene ring substituents is 1. The molecule has 1 atom stereocenters. The molecule has 0 aliphatic carbocycles. The Hall–Kier alpha value is -1.17. The third kappa shape index (κ3) is 3.66. The summed E-state index contributed by atoms with van der Waals surface area (Å²) in [5, 5.41) is 14.0. The van der Waals surface area contributed by atoms with Crippen LogP contribution in [0.1, 0.15) is 12.5 Å². The molecule has 0 spiro atoms. The fraction of sp³-hybridized carbons (Fsp3) is 0.500. The first-order valence-electron chi connectivity index (χ1n) is 5.85. The van der Waals surface area contributed by atoms with Crippen LogP contribution in [-0.4, -0.2) is 35.5 Å². The summed E-state index contributed by atoms with van der Waals surface area (Å²) in [6, 6.07) is 7.37. The molecule has 2 rings (SSSR count). The fourth-order valence-electron chi connectivity index (χ4n) is 2.12. The van der Waals surface area contributed by atoms with Crippen LogP contribution in [-0.2, 0) is 6.54 Å². The highest BCUT2D eigenvalue weighted by Gasteiger charge is 2.18. The first-order chi connectivity index (χ1) is 8.16. The van der Waals surface area contributed by atoms with Crippen molar-refractivity contribution < 1.29 is 4.92 Å². The smallest absolute Gasteiger partial charge is 0.269 e. The summed E-state index contributed by atoms with van der Waals surface area (Å²) in [5.74, 6) is 0. The number of hydrogen-bond acceptors (Lipinski definition) is 4. The van der Waals surface area contributed by atoms with E-state index in [1.807, 2.05) is 6.07 Å². The maximum Gasteiger partial charge on any atom is 0.269 e. The number of nitrogens with one attached hydrogen (secondary N) is 1. The predicted molar refractivity (Wildman–Crippen MR) is 73.1 cm³/mol. The molecule has 5 nitrogen and oxygen atoms in total. The number of benzene rings is 1. The van der Waals surface area contributed by atoms with Gasteiger partial charge in [-0.3, -0.25) is 15.0 Å². The number of non-ortho nitro benzene ring substituents is 1. The lowest BCUT2D eigenvalue weighted by atomic mass is 10.1. The molecule has 0 saturated carbocycles. The maximum absolute atomic E-state index is 10.7. The molecule has 1 N–H and O–H groups in total. The summed E-state index contributed by atoms with van der Waals surface area (Å²) in [4.78, 5) is 12.7. The predicted octanol–water partition coefficient (Wildman–Crippen LogP) is 1.81. The van der Waals surface area contributed by atoms with Crippen LogP contribution in [0.25, 0.3) is 0 Å². The van der Waals surface area contributed by atoms with E-state index in [1.54, 1.807) is 12.1 Å². The normalized spacial score (nSPS) is 20.2. The van der Waals surface area contributed by atoms with E-state index in [1.165, 1.54) is 6.07 Å². The molecule has 1 fully saturated rings. The summed E-state index contributed by atoms with van der Waals surface area (Å²) < 4.78 is 0. The monoisotopic (exact) mass is 271 g/mol. The van der Waals surface area contributed by atoms with Crippen molar-refractivity contribution in [1.29, 1.82) is 0 Å². The lowest BCUT2D eigenvalue weighted by Crippen LogP contribution is -2.49. The van der Waals surface area contributed by atoms with Gasteiger partial charge in [0, 0.05) is 44.4 Å². The Kier molecular flexibility index (Phi) is 5.53. The number of hydrogen-bond donors (Lipinski definition) is 1. The highest BCUT2D eigenvalue weighted by atomic mass is 35.5. The van der Waals surface area contributed by atoms with Crippen LogP contribution in [0, 0.1) is 10.1 Å². The number of halogens is 1. The molecule has 1 aromatic carbocycles. The van der Waals surface area contributed by atoms with E-state index in [4.69, 9.17) is 0 Å². The maximum atomic E-state index is 10.7. The van der Waals surface area contributed by atoms with Crippen LogP contribution in [0.4, 0.5) is 5.69 Å². The Morgan fingerprint density at radius 3 is 3.00 bits per heavy atom. The minimum Gasteiger partial charge on any atom is -0.314 e. The average molecular weight is 272 g/mol. The highest BCUT2D eigenvalue weighted by Crippen LogP contribution is 2.16. The number of nitrogens with zero attached hydrogens (tertiary/aromatic N) is 2. The Bertz CT molecular complexity index is 414. The molecule has 0 bridgehead atoms. The van der Waals surface area contributed by atoms with Gasteiger partial charge >= 0.3 is 0 Å². The lowest BCUT2D eigenvalue weighted by Gasteiger charge is -2.33. The zero-order valence-corrected chi connectivity index (χ0v) is 11.2. The van der Waals surface area contributed by atoms with Crippen molar-refractivity contribution in [3.8, 4) is 0 Å². The van der Waals surface area contributed by atoms with Crippen LogP contribution in [0.3, 0.4) is 0 Å². The summed E-state index contributed by atoms with van der Waals surface area (Å²) >= 11 is 0. The number of piperazine rings is 1. The number of rotatable bonds is 3. The first kappa shape index (κ1) is 14.9. The molecule has 1 aliphatic heterocycles. The summed E-state index contributed by atoms with van der Waals surface area (Å²) in [6.45, 7) is 5.91. The molecular formula is C12H18ClN3O2. The molecule has 1 heterocycles. The van der Waals surface area contributed by atoms with Crippen molar-refractivity contribution in [3.63, 3.8) is 0 Å². The van der Waals surface area contributed by atoms with Crippen molar-refractivity contribution in [2.45, 2.75) is 19.5 Å². The molecule has 0 radical (unpaired) electrons. The van der Waals surface area contributed by atoms with Gasteiger partial charge < -0.3 is 5.32 Å². The van der Waals surface area contributed by atoms with Gasteiger partial charge in [0.2, 0.25) is 0 Å². The van der Waals surface area contributed by atoms with E-state index in [0.29, 0.717) is 6.04 Å². The van der Waals surface area contributed by atoms with Crippen molar-refractivity contribution >= 4 is 18.1 Å². The molecule has 100 valence electrons. The second-order valence-corrected chi connectivity index (χ2v) is 4.45. The molecule has 0 amide bonds. The van der Waals surface area contributed by atoms with Crippen LogP contribution < -0.4 is 5.32 Å². The van der Waals surface area contributed by atoms with Crippen LogP contribution in [0.15, 0.2) is 24.3 Å². The van der Waals surface area contributed by atoms with Crippen LogP contribution in [0.5, 0.6) is 0 Å². The average Bonchev–Trinajstić information content (AvgIpc) is 2.32. The number of nitro groups is 1. The zero-order valence-electron chi connectivity index (χ0n) is 10.3. The minimum atomic E-state index is -0.343. The highest BCUT2D eigenvalue weighted by molar-refractivity contribution is 5.85. The first-order valence-corrected chi connectivity index (χ1v) is 5.85. The third-order valence-corrected chi connectivity index (χ3v) is 3.15. The second-order valence-electron chi connectivity index (χ2n) is 4.45. The zero-order chi connectivity index (χ0) is 12.3. The van der Waals surface area contributed by atoms with E-state index in [0.717, 1.165) is 31.7 Å². The van der Waals surface area contributed by atoms with Gasteiger partial charge in [0.1, 0.15) is 0 Å². The third-order valence-electron chi connectivity index (χ3n) is 3.15. The summed E-state index contributed by atoms with van der Waals surface area (Å²) in [7, 11) is 0. The van der Waals surface area contributed by atoms with Gasteiger partial charge in [-0.1, -0.05) is 12.1 Å². The molecular weight excluding hydrogens is 254 g/mol. The van der Waals surface area contributed by atoms with Crippen LogP contribution >= 0.6 is 12.4 Å². The molecule has 1 aromatic rings. The SMILES string of the molecule is CC1CNCCN1Cc1cccc([N+](=O)[O-])c1.Cl. The molecule has 1 saturated heterocycles. The topological polar surface area (TPSA) is 58.4 Å². The van der Waals surface area contributed by atoms with Gasteiger partial charge in [-0.25, -0.2) is 0 Å². The molecule has 6 heteroatoms. The summed E-state index contributed by atoms with van der Waals surface area (Å²) in [6.07, 6.45) is 0. The van der Waals surface area contributed by atoms with Crippen molar-refractivity contribution in [1.82, 2.24) is 10.2 Å². The Labute approximate surface area is 113 Å². The van der Waals surface area contributed by atoms with Gasteiger partial charge in [0.15, 0.2) is 0 Å². The van der Waals surface area contributed by atoms with E-state index >= 15 is 0 Å². The Balaban J connectivity index is 0.00000162. The van der Waals surface area contributed by atoms with Gasteiger partial charge in [-0.15, -0.1) is 12.4 Å². The molecule has 0 aromatic heterocycles. The molecule has 1 aliphatic rings. The quantitative estimate of drug-likeness (QED) is 0.673. The lowest BCUT2D eigenvalue weighted by molar-refractivity contribution is -0.384. The molecule has 18 heavy (non-hydrogen) atoms. The molecule has 1 unspecified atom stereocenters. The minimum absolute atomic E-state index is 0. The van der Waals surface area contributed by atoms with Gasteiger partial charge in [-0.2, -0.15) is 0 Å². The Morgan fingerprint density at radius 2 is 2.33 bits per heavy atom. The largest absolute Gasteiger partial charge is 0.314 e. The van der Waals surface area contributed by atoms with E-state index < -0.39 is 0 Å².